The van der Waals surface area contributed by atoms with Gasteiger partial charge in [0.1, 0.15) is 0 Å². The van der Waals surface area contributed by atoms with Gasteiger partial charge < -0.3 is 15.4 Å². The van der Waals surface area contributed by atoms with E-state index in [1.807, 2.05) is 0 Å². The van der Waals surface area contributed by atoms with Crippen LogP contribution in [0.25, 0.3) is 0 Å². The molecule has 2 fully saturated rings. The molecule has 0 saturated carbocycles. The molecule has 3 N–H and O–H groups in total. The summed E-state index contributed by atoms with van der Waals surface area (Å²) in [6.45, 7) is 6.65. The molecule has 0 aromatic heterocycles. The Bertz CT molecular complexity index is 535. The van der Waals surface area contributed by atoms with E-state index in [-0.39, 0.29) is 11.9 Å². The van der Waals surface area contributed by atoms with Crippen molar-refractivity contribution in [3.63, 3.8) is 0 Å². The number of ether oxygens (including phenoxy) is 1. The summed E-state index contributed by atoms with van der Waals surface area (Å²) in [7, 11) is -1.61. The molecule has 0 bridgehead atoms. The SMILES string of the molecule is CCN1CCCC1CNC(=NC)NCCS(=O)(=O)NCC1CCCCO1. The van der Waals surface area contributed by atoms with Crippen LogP contribution >= 0.6 is 0 Å². The highest BCUT2D eigenvalue weighted by molar-refractivity contribution is 7.89. The first kappa shape index (κ1) is 21.4. The molecule has 0 aromatic rings. The molecule has 0 aliphatic carbocycles. The molecule has 2 unspecified atom stereocenters. The number of sulfonamides is 1. The third-order valence-corrected chi connectivity index (χ3v) is 6.45. The van der Waals surface area contributed by atoms with Crippen molar-refractivity contribution >= 4 is 16.0 Å². The number of aliphatic imine (C=N–C) groups is 1. The Hall–Kier alpha value is -0.900. The summed E-state index contributed by atoms with van der Waals surface area (Å²) in [5.74, 6) is 0.670. The van der Waals surface area contributed by atoms with Crippen LogP contribution in [0.15, 0.2) is 4.99 Å². The van der Waals surface area contributed by atoms with E-state index >= 15 is 0 Å². The Morgan fingerprint density at radius 1 is 1.19 bits per heavy atom. The van der Waals surface area contributed by atoms with Gasteiger partial charge in [0, 0.05) is 39.3 Å². The Labute approximate surface area is 158 Å². The Morgan fingerprint density at radius 2 is 2.04 bits per heavy atom. The van der Waals surface area contributed by atoms with Crippen molar-refractivity contribution < 1.29 is 13.2 Å². The van der Waals surface area contributed by atoms with Gasteiger partial charge in [-0.05, 0) is 45.2 Å². The Kier molecular flexibility index (Phi) is 9.10. The molecule has 2 atom stereocenters. The fourth-order valence-electron chi connectivity index (χ4n) is 3.54. The first-order valence-electron chi connectivity index (χ1n) is 9.81. The molecule has 0 spiro atoms. The number of rotatable bonds is 9. The summed E-state index contributed by atoms with van der Waals surface area (Å²) < 4.78 is 32.4. The van der Waals surface area contributed by atoms with Crippen molar-refractivity contribution in [3.8, 4) is 0 Å². The molecule has 9 heteroatoms. The van der Waals surface area contributed by atoms with Crippen LogP contribution < -0.4 is 15.4 Å². The van der Waals surface area contributed by atoms with E-state index in [1.165, 1.54) is 12.8 Å². The second kappa shape index (κ2) is 11.1. The highest BCUT2D eigenvalue weighted by Crippen LogP contribution is 2.15. The lowest BCUT2D eigenvalue weighted by molar-refractivity contribution is 0.0200. The van der Waals surface area contributed by atoms with Gasteiger partial charge in [-0.3, -0.25) is 9.89 Å². The summed E-state index contributed by atoms with van der Waals surface area (Å²) in [4.78, 5) is 6.64. The molecule has 152 valence electrons. The van der Waals surface area contributed by atoms with Gasteiger partial charge in [-0.15, -0.1) is 0 Å². The molecule has 0 radical (unpaired) electrons. The zero-order chi connectivity index (χ0) is 18.8. The minimum Gasteiger partial charge on any atom is -0.377 e. The summed E-state index contributed by atoms with van der Waals surface area (Å²) in [6, 6.07) is 0.527. The Morgan fingerprint density at radius 3 is 2.73 bits per heavy atom. The van der Waals surface area contributed by atoms with E-state index in [9.17, 15) is 8.42 Å². The highest BCUT2D eigenvalue weighted by atomic mass is 32.2. The van der Waals surface area contributed by atoms with Crippen LogP contribution in [0.5, 0.6) is 0 Å². The van der Waals surface area contributed by atoms with Gasteiger partial charge in [0.05, 0.1) is 11.9 Å². The van der Waals surface area contributed by atoms with E-state index in [0.717, 1.165) is 45.5 Å². The zero-order valence-electron chi connectivity index (χ0n) is 16.2. The average Bonchev–Trinajstić information content (AvgIpc) is 3.11. The first-order chi connectivity index (χ1) is 12.5. The molecule has 26 heavy (non-hydrogen) atoms. The molecule has 2 rings (SSSR count). The van der Waals surface area contributed by atoms with Gasteiger partial charge in [-0.1, -0.05) is 6.92 Å². The quantitative estimate of drug-likeness (QED) is 0.383. The number of nitrogens with one attached hydrogen (secondary N) is 3. The number of nitrogens with zero attached hydrogens (tertiary/aromatic N) is 2. The smallest absolute Gasteiger partial charge is 0.213 e. The van der Waals surface area contributed by atoms with E-state index in [1.54, 1.807) is 7.05 Å². The normalized spacial score (nSPS) is 25.4. The first-order valence-corrected chi connectivity index (χ1v) is 11.5. The zero-order valence-corrected chi connectivity index (χ0v) is 17.0. The van der Waals surface area contributed by atoms with Crippen LogP contribution in [0.1, 0.15) is 39.0 Å². The minimum absolute atomic E-state index is 0.00818. The summed E-state index contributed by atoms with van der Waals surface area (Å²) in [5, 5.41) is 6.40. The van der Waals surface area contributed by atoms with Crippen LogP contribution in [0.2, 0.25) is 0 Å². The van der Waals surface area contributed by atoms with Gasteiger partial charge in [-0.25, -0.2) is 13.1 Å². The van der Waals surface area contributed by atoms with Crippen LogP contribution in [0, 0.1) is 0 Å². The summed E-state index contributed by atoms with van der Waals surface area (Å²) >= 11 is 0. The number of hydrogen-bond acceptors (Lipinski definition) is 5. The fourth-order valence-corrected chi connectivity index (χ4v) is 4.50. The summed E-state index contributed by atoms with van der Waals surface area (Å²) in [5.41, 5.74) is 0. The summed E-state index contributed by atoms with van der Waals surface area (Å²) in [6.07, 6.45) is 5.53. The largest absolute Gasteiger partial charge is 0.377 e. The van der Waals surface area contributed by atoms with Gasteiger partial charge in [0.15, 0.2) is 5.96 Å². The average molecular weight is 390 g/mol. The van der Waals surface area contributed by atoms with Crippen LogP contribution in [0.4, 0.5) is 0 Å². The topological polar surface area (TPSA) is 95.1 Å². The number of guanidine groups is 1. The number of likely N-dealkylation sites (N-methyl/N-ethyl adjacent to an activating group) is 1. The molecule has 0 amide bonds. The van der Waals surface area contributed by atoms with E-state index in [2.05, 4.69) is 32.2 Å². The molecule has 2 saturated heterocycles. The van der Waals surface area contributed by atoms with Gasteiger partial charge in [0.25, 0.3) is 0 Å². The van der Waals surface area contributed by atoms with Crippen molar-refractivity contribution in [3.05, 3.63) is 0 Å². The lowest BCUT2D eigenvalue weighted by Crippen LogP contribution is -2.46. The molecule has 0 aromatic carbocycles. The highest BCUT2D eigenvalue weighted by Gasteiger charge is 2.23. The number of likely N-dealkylation sites (tertiary alicyclic amines) is 1. The molecule has 2 aliphatic rings. The lowest BCUT2D eigenvalue weighted by Gasteiger charge is -2.24. The fraction of sp³-hybridized carbons (Fsp3) is 0.941. The van der Waals surface area contributed by atoms with Gasteiger partial charge in [-0.2, -0.15) is 0 Å². The van der Waals surface area contributed by atoms with E-state index < -0.39 is 10.0 Å². The van der Waals surface area contributed by atoms with Crippen molar-refractivity contribution in [2.24, 2.45) is 4.99 Å². The maximum Gasteiger partial charge on any atom is 0.213 e. The Balaban J connectivity index is 1.64. The van der Waals surface area contributed by atoms with Gasteiger partial charge >= 0.3 is 0 Å². The van der Waals surface area contributed by atoms with Crippen molar-refractivity contribution in [2.45, 2.75) is 51.2 Å². The second-order valence-electron chi connectivity index (χ2n) is 6.96. The monoisotopic (exact) mass is 389 g/mol. The van der Waals surface area contributed by atoms with Crippen molar-refractivity contribution in [1.82, 2.24) is 20.3 Å². The second-order valence-corrected chi connectivity index (χ2v) is 8.89. The third-order valence-electron chi connectivity index (χ3n) is 5.10. The predicted molar refractivity (Wildman–Crippen MR) is 105 cm³/mol. The van der Waals surface area contributed by atoms with E-state index in [0.29, 0.717) is 25.1 Å². The third kappa shape index (κ3) is 7.38. The van der Waals surface area contributed by atoms with Crippen molar-refractivity contribution in [1.29, 1.82) is 0 Å². The predicted octanol–water partition coefficient (Wildman–Crippen LogP) is 0.124. The van der Waals surface area contributed by atoms with E-state index in [4.69, 9.17) is 4.74 Å². The van der Waals surface area contributed by atoms with Gasteiger partial charge in [0.2, 0.25) is 10.0 Å². The van der Waals surface area contributed by atoms with Crippen LogP contribution in [-0.2, 0) is 14.8 Å². The molecule has 8 nitrogen and oxygen atoms in total. The molecule has 2 heterocycles. The number of hydrogen-bond donors (Lipinski definition) is 3. The molecule has 2 aliphatic heterocycles. The van der Waals surface area contributed by atoms with Crippen molar-refractivity contribution in [2.75, 3.05) is 52.1 Å². The minimum atomic E-state index is -3.31. The molecular weight excluding hydrogens is 354 g/mol. The maximum atomic E-state index is 12.1. The maximum absolute atomic E-state index is 12.1. The standard InChI is InChI=1S/C17H35N5O3S/c1-3-22-10-6-7-15(22)13-20-17(18-2)19-9-12-26(23,24)21-14-16-8-4-5-11-25-16/h15-16,21H,3-14H2,1-2H3,(H2,18,19,20). The van der Waals surface area contributed by atoms with Crippen LogP contribution in [0.3, 0.4) is 0 Å². The molecular formula is C17H35N5O3S. The lowest BCUT2D eigenvalue weighted by atomic mass is 10.1. The van der Waals surface area contributed by atoms with Crippen LogP contribution in [-0.4, -0.2) is 83.6 Å².